The lowest BCUT2D eigenvalue weighted by Crippen LogP contribution is -1.94. The van der Waals surface area contributed by atoms with E-state index >= 15 is 0 Å². The van der Waals surface area contributed by atoms with Crippen LogP contribution < -0.4 is 5.11 Å². The van der Waals surface area contributed by atoms with E-state index in [1.165, 1.54) is 6.07 Å². The normalized spacial score (nSPS) is 8.80. The quantitative estimate of drug-likeness (QED) is 0.512. The number of aryl methyl sites for hydroxylation is 1. The molecule has 3 nitrogen and oxygen atoms in total. The van der Waals surface area contributed by atoms with Crippen molar-refractivity contribution in [1.82, 2.24) is 4.98 Å². The van der Waals surface area contributed by atoms with Gasteiger partial charge >= 0.3 is 0 Å². The molecule has 0 aliphatic rings. The fourth-order valence-corrected chi connectivity index (χ4v) is 0.666. The smallest absolute Gasteiger partial charge is 0.143 e. The second-order valence-electron chi connectivity index (χ2n) is 1.95. The number of hydrogen-bond acceptors (Lipinski definition) is 3. The molecule has 0 radical (unpaired) electrons. The third-order valence-corrected chi connectivity index (χ3v) is 1.16. The second-order valence-corrected chi connectivity index (χ2v) is 1.95. The first-order valence-electron chi connectivity index (χ1n) is 2.78. The molecule has 0 aromatic carbocycles. The van der Waals surface area contributed by atoms with Crippen LogP contribution in [-0.4, -0.2) is 4.98 Å². The maximum Gasteiger partial charge on any atom is 0.143 e. The van der Waals surface area contributed by atoms with E-state index in [1.54, 1.807) is 6.92 Å². The Hall–Kier alpha value is -1.56. The molecule has 10 heavy (non-hydrogen) atoms. The molecular weight excluding hydrogens is 128 g/mol. The lowest BCUT2D eigenvalue weighted by Gasteiger charge is -2.04. The van der Waals surface area contributed by atoms with Crippen LogP contribution in [0.15, 0.2) is 12.3 Å². The highest BCUT2D eigenvalue weighted by Gasteiger charge is 1.93. The summed E-state index contributed by atoms with van der Waals surface area (Å²) in [7, 11) is 0. The molecule has 0 aliphatic carbocycles. The minimum Gasteiger partial charge on any atom is -0.871 e. The van der Waals surface area contributed by atoms with Gasteiger partial charge in [-0.05, 0) is 12.5 Å². The van der Waals surface area contributed by atoms with Gasteiger partial charge in [0, 0.05) is 6.20 Å². The predicted molar refractivity (Wildman–Crippen MR) is 33.1 cm³/mol. The molecule has 0 fully saturated rings. The maximum absolute atomic E-state index is 10.6. The Morgan fingerprint density at radius 1 is 1.70 bits per heavy atom. The van der Waals surface area contributed by atoms with Gasteiger partial charge in [0.15, 0.2) is 0 Å². The van der Waals surface area contributed by atoms with E-state index < -0.39 is 0 Å². The summed E-state index contributed by atoms with van der Waals surface area (Å²) < 4.78 is 0. The number of pyridine rings is 1. The molecule has 1 aromatic heterocycles. The number of rotatable bonds is 0. The van der Waals surface area contributed by atoms with E-state index in [0.717, 1.165) is 6.20 Å². The summed E-state index contributed by atoms with van der Waals surface area (Å²) in [6, 6.07) is 3.27. The van der Waals surface area contributed by atoms with Crippen molar-refractivity contribution >= 4 is 0 Å². The minimum atomic E-state index is -0.156. The van der Waals surface area contributed by atoms with Crippen molar-refractivity contribution < 1.29 is 5.11 Å². The van der Waals surface area contributed by atoms with Crippen LogP contribution in [0.3, 0.4) is 0 Å². The third-order valence-electron chi connectivity index (χ3n) is 1.16. The van der Waals surface area contributed by atoms with Gasteiger partial charge in [-0.3, -0.25) is 0 Å². The van der Waals surface area contributed by atoms with Crippen molar-refractivity contribution in [3.05, 3.63) is 23.5 Å². The lowest BCUT2D eigenvalue weighted by molar-refractivity contribution is -0.268. The van der Waals surface area contributed by atoms with E-state index in [9.17, 15) is 5.11 Å². The van der Waals surface area contributed by atoms with E-state index in [2.05, 4.69) is 4.98 Å². The van der Waals surface area contributed by atoms with Gasteiger partial charge in [-0.25, -0.2) is 4.98 Å². The summed E-state index contributed by atoms with van der Waals surface area (Å²) in [5, 5.41) is 19.0. The molecule has 1 rings (SSSR count). The van der Waals surface area contributed by atoms with Crippen LogP contribution in [0.2, 0.25) is 0 Å². The van der Waals surface area contributed by atoms with Gasteiger partial charge in [-0.15, -0.1) is 0 Å². The van der Waals surface area contributed by atoms with Crippen molar-refractivity contribution in [2.75, 3.05) is 0 Å². The topological polar surface area (TPSA) is 59.7 Å². The summed E-state index contributed by atoms with van der Waals surface area (Å²) in [6.45, 7) is 1.69. The van der Waals surface area contributed by atoms with Gasteiger partial charge < -0.3 is 5.11 Å². The van der Waals surface area contributed by atoms with Crippen LogP contribution in [0.25, 0.3) is 0 Å². The fraction of sp³-hybridized carbons (Fsp3) is 0.143. The molecule has 0 unspecified atom stereocenters. The van der Waals surface area contributed by atoms with Gasteiger partial charge in [0.1, 0.15) is 11.8 Å². The first kappa shape index (κ1) is 6.56. The van der Waals surface area contributed by atoms with Gasteiger partial charge in [0.25, 0.3) is 0 Å². The third kappa shape index (κ3) is 1.06. The molecule has 3 heteroatoms. The van der Waals surface area contributed by atoms with Gasteiger partial charge in [-0.1, -0.05) is 11.8 Å². The number of nitrogens with zero attached hydrogens (tertiary/aromatic N) is 2. The predicted octanol–water partition coefficient (Wildman–Crippen LogP) is 0.335. The van der Waals surface area contributed by atoms with Crippen molar-refractivity contribution in [2.45, 2.75) is 6.92 Å². The van der Waals surface area contributed by atoms with Gasteiger partial charge in [-0.2, -0.15) is 5.26 Å². The first-order chi connectivity index (χ1) is 4.74. The summed E-state index contributed by atoms with van der Waals surface area (Å²) in [4.78, 5) is 3.62. The van der Waals surface area contributed by atoms with Crippen LogP contribution in [0.5, 0.6) is 5.75 Å². The molecule has 0 aliphatic heterocycles. The molecule has 0 saturated carbocycles. The molecule has 1 heterocycles. The molecule has 0 spiro atoms. The Morgan fingerprint density at radius 2 is 2.40 bits per heavy atom. The SMILES string of the molecule is Cc1cc([O-])cnc1C#N. The van der Waals surface area contributed by atoms with E-state index in [0.29, 0.717) is 11.3 Å². The average molecular weight is 133 g/mol. The minimum absolute atomic E-state index is 0.156. The fourth-order valence-electron chi connectivity index (χ4n) is 0.666. The molecule has 0 bridgehead atoms. The molecular formula is C7H5N2O-. The van der Waals surface area contributed by atoms with E-state index in [-0.39, 0.29) is 5.75 Å². The Balaban J connectivity index is 3.23. The molecule has 1 aromatic rings. The molecule has 50 valence electrons. The molecule has 0 atom stereocenters. The van der Waals surface area contributed by atoms with Crippen molar-refractivity contribution in [2.24, 2.45) is 0 Å². The van der Waals surface area contributed by atoms with E-state index in [4.69, 9.17) is 5.26 Å². The summed E-state index contributed by atoms with van der Waals surface area (Å²) in [5.74, 6) is -0.156. The van der Waals surface area contributed by atoms with Crippen LogP contribution in [-0.2, 0) is 0 Å². The zero-order chi connectivity index (χ0) is 7.56. The van der Waals surface area contributed by atoms with Crippen molar-refractivity contribution in [1.29, 1.82) is 5.26 Å². The van der Waals surface area contributed by atoms with E-state index in [1.807, 2.05) is 6.07 Å². The summed E-state index contributed by atoms with van der Waals surface area (Å²) in [5.41, 5.74) is 0.953. The monoisotopic (exact) mass is 133 g/mol. The van der Waals surface area contributed by atoms with Crippen LogP contribution in [0, 0.1) is 18.3 Å². The summed E-state index contributed by atoms with van der Waals surface area (Å²) >= 11 is 0. The average Bonchev–Trinajstić information content (AvgIpc) is 1.88. The Kier molecular flexibility index (Phi) is 1.55. The molecule has 0 N–H and O–H groups in total. The van der Waals surface area contributed by atoms with Crippen LogP contribution in [0.1, 0.15) is 11.3 Å². The van der Waals surface area contributed by atoms with Crippen LogP contribution in [0.4, 0.5) is 0 Å². The highest BCUT2D eigenvalue weighted by molar-refractivity contribution is 5.33. The van der Waals surface area contributed by atoms with Gasteiger partial charge in [0.2, 0.25) is 0 Å². The highest BCUT2D eigenvalue weighted by atomic mass is 16.3. The van der Waals surface area contributed by atoms with Crippen LogP contribution >= 0.6 is 0 Å². The number of aromatic nitrogens is 1. The molecule has 0 amide bonds. The Bertz CT molecular complexity index is 288. The van der Waals surface area contributed by atoms with Gasteiger partial charge in [0.05, 0.1) is 0 Å². The summed E-state index contributed by atoms with van der Waals surface area (Å²) in [6.07, 6.45) is 1.14. The zero-order valence-electron chi connectivity index (χ0n) is 5.46. The zero-order valence-corrected chi connectivity index (χ0v) is 5.46. The Labute approximate surface area is 58.6 Å². The lowest BCUT2D eigenvalue weighted by atomic mass is 10.2. The number of nitriles is 1. The maximum atomic E-state index is 10.6. The molecule has 0 saturated heterocycles. The van der Waals surface area contributed by atoms with Crippen molar-refractivity contribution in [3.8, 4) is 11.8 Å². The van der Waals surface area contributed by atoms with Crippen molar-refractivity contribution in [3.63, 3.8) is 0 Å². The standard InChI is InChI=1S/C7H6N2O/c1-5-2-6(10)4-9-7(5)3-8/h2,4,10H,1H3/p-1. The Morgan fingerprint density at radius 3 is 2.90 bits per heavy atom. The largest absolute Gasteiger partial charge is 0.871 e. The second kappa shape index (κ2) is 2.36. The highest BCUT2D eigenvalue weighted by Crippen LogP contribution is 2.07. The first-order valence-corrected chi connectivity index (χ1v) is 2.78. The number of hydrogen-bond donors (Lipinski definition) is 0.